The summed E-state index contributed by atoms with van der Waals surface area (Å²) in [5.74, 6) is 0.0978. The highest BCUT2D eigenvalue weighted by atomic mass is 32.2. The quantitative estimate of drug-likeness (QED) is 0.264. The van der Waals surface area contributed by atoms with Crippen LogP contribution in [0.15, 0.2) is 41.6 Å². The normalized spacial score (nSPS) is 11.1. The Morgan fingerprint density at radius 3 is 2.50 bits per heavy atom. The van der Waals surface area contributed by atoms with E-state index in [1.165, 1.54) is 17.3 Å². The van der Waals surface area contributed by atoms with Gasteiger partial charge in [0, 0.05) is 12.1 Å². The van der Waals surface area contributed by atoms with Gasteiger partial charge in [-0.05, 0) is 62.1 Å². The van der Waals surface area contributed by atoms with Crippen molar-refractivity contribution in [3.8, 4) is 0 Å². The van der Waals surface area contributed by atoms with E-state index >= 15 is 0 Å². The summed E-state index contributed by atoms with van der Waals surface area (Å²) < 4.78 is 7.16. The van der Waals surface area contributed by atoms with E-state index in [9.17, 15) is 9.59 Å². The Balaban J connectivity index is 1.85. The Bertz CT molecular complexity index is 1070. The number of Topliss-reactive ketones (excluding diaryl/α,β-unsaturated/α-hetero) is 1. The first-order valence-corrected chi connectivity index (χ1v) is 11.5. The van der Waals surface area contributed by atoms with Crippen molar-refractivity contribution in [2.75, 3.05) is 12.4 Å². The van der Waals surface area contributed by atoms with Crippen molar-refractivity contribution < 1.29 is 14.3 Å². The highest BCUT2D eigenvalue weighted by molar-refractivity contribution is 7.99. The summed E-state index contributed by atoms with van der Waals surface area (Å²) in [6.45, 7) is 9.07. The zero-order chi connectivity index (χ0) is 21.7. The van der Waals surface area contributed by atoms with Crippen LogP contribution < -0.4 is 0 Å². The van der Waals surface area contributed by atoms with Gasteiger partial charge in [-0.1, -0.05) is 37.7 Å². The van der Waals surface area contributed by atoms with E-state index in [-0.39, 0.29) is 11.8 Å². The Labute approximate surface area is 181 Å². The first-order chi connectivity index (χ1) is 14.5. The second-order valence-electron chi connectivity index (χ2n) is 6.97. The van der Waals surface area contributed by atoms with E-state index in [2.05, 4.69) is 30.5 Å². The molecule has 2 aromatic carbocycles. The summed E-state index contributed by atoms with van der Waals surface area (Å²) in [6.07, 6.45) is 1.74. The van der Waals surface area contributed by atoms with Crippen molar-refractivity contribution in [1.82, 2.24) is 9.55 Å². The smallest absolute Gasteiger partial charge is 0.338 e. The second kappa shape index (κ2) is 9.94. The van der Waals surface area contributed by atoms with Gasteiger partial charge in [0.2, 0.25) is 0 Å². The molecule has 0 N–H and O–H groups in total. The molecule has 0 saturated heterocycles. The van der Waals surface area contributed by atoms with E-state index in [0.29, 0.717) is 17.9 Å². The van der Waals surface area contributed by atoms with Gasteiger partial charge in [-0.15, -0.1) is 0 Å². The van der Waals surface area contributed by atoms with Crippen molar-refractivity contribution in [2.45, 2.75) is 52.2 Å². The van der Waals surface area contributed by atoms with Crippen molar-refractivity contribution in [1.29, 1.82) is 0 Å². The first-order valence-electron chi connectivity index (χ1n) is 10.5. The van der Waals surface area contributed by atoms with Crippen molar-refractivity contribution in [3.63, 3.8) is 0 Å². The number of ether oxygens (including phenoxy) is 1. The van der Waals surface area contributed by atoms with Gasteiger partial charge in [-0.25, -0.2) is 9.78 Å². The van der Waals surface area contributed by atoms with Crippen molar-refractivity contribution in [3.05, 3.63) is 58.7 Å². The Hall–Kier alpha value is -2.60. The predicted octanol–water partition coefficient (Wildman–Crippen LogP) is 5.33. The molecule has 5 nitrogen and oxygen atoms in total. The van der Waals surface area contributed by atoms with Gasteiger partial charge >= 0.3 is 5.97 Å². The summed E-state index contributed by atoms with van der Waals surface area (Å²) in [6, 6.07) is 11.6. The Kier molecular flexibility index (Phi) is 7.32. The van der Waals surface area contributed by atoms with Gasteiger partial charge < -0.3 is 9.30 Å². The molecule has 0 bridgehead atoms. The Morgan fingerprint density at radius 1 is 1.03 bits per heavy atom. The molecule has 0 unspecified atom stereocenters. The molecule has 0 fully saturated rings. The van der Waals surface area contributed by atoms with Crippen LogP contribution in [0.1, 0.15) is 59.5 Å². The number of nitrogens with zero attached hydrogens (tertiary/aromatic N) is 2. The lowest BCUT2D eigenvalue weighted by atomic mass is 9.98. The average Bonchev–Trinajstić information content (AvgIpc) is 3.13. The van der Waals surface area contributed by atoms with Crippen LogP contribution in [0.25, 0.3) is 11.0 Å². The number of hydrogen-bond donors (Lipinski definition) is 0. The molecule has 1 heterocycles. The fourth-order valence-corrected chi connectivity index (χ4v) is 4.45. The van der Waals surface area contributed by atoms with Crippen LogP contribution in [0, 0.1) is 0 Å². The van der Waals surface area contributed by atoms with Crippen LogP contribution in [-0.2, 0) is 24.1 Å². The van der Waals surface area contributed by atoms with E-state index in [1.54, 1.807) is 19.1 Å². The number of thioether (sulfide) groups is 1. The van der Waals surface area contributed by atoms with Crippen LogP contribution in [-0.4, -0.2) is 33.7 Å². The fourth-order valence-electron chi connectivity index (χ4n) is 3.48. The SMILES string of the molecule is CCOC(=O)c1ccc2c(c1)nc(SCC(=O)c1cc(CC)ccc1CC)n2CC. The number of ketones is 1. The molecule has 0 amide bonds. The highest BCUT2D eigenvalue weighted by Crippen LogP contribution is 2.26. The average molecular weight is 425 g/mol. The fraction of sp³-hybridized carbons (Fsp3) is 0.375. The number of esters is 1. The third-order valence-corrected chi connectivity index (χ3v) is 6.11. The molecule has 0 aliphatic carbocycles. The summed E-state index contributed by atoms with van der Waals surface area (Å²) in [7, 11) is 0. The van der Waals surface area contributed by atoms with Crippen molar-refractivity contribution >= 4 is 34.5 Å². The maximum atomic E-state index is 13.0. The van der Waals surface area contributed by atoms with Crippen LogP contribution in [0.4, 0.5) is 0 Å². The molecule has 0 atom stereocenters. The lowest BCUT2D eigenvalue weighted by molar-refractivity contribution is 0.0526. The lowest BCUT2D eigenvalue weighted by Crippen LogP contribution is -2.08. The summed E-state index contributed by atoms with van der Waals surface area (Å²) >= 11 is 1.44. The number of aryl methyl sites for hydroxylation is 3. The summed E-state index contributed by atoms with van der Waals surface area (Å²) in [5, 5.41) is 0.784. The van der Waals surface area contributed by atoms with Gasteiger partial charge in [-0.3, -0.25) is 4.79 Å². The molecular weight excluding hydrogens is 396 g/mol. The van der Waals surface area contributed by atoms with Gasteiger partial charge in [-0.2, -0.15) is 0 Å². The minimum Gasteiger partial charge on any atom is -0.462 e. The highest BCUT2D eigenvalue weighted by Gasteiger charge is 2.17. The molecule has 0 radical (unpaired) electrons. The number of rotatable bonds is 9. The molecule has 0 aliphatic rings. The van der Waals surface area contributed by atoms with E-state index in [1.807, 2.05) is 19.1 Å². The first kappa shape index (κ1) is 22.1. The maximum Gasteiger partial charge on any atom is 0.338 e. The molecule has 3 rings (SSSR count). The number of fused-ring (bicyclic) bond motifs is 1. The van der Waals surface area contributed by atoms with Gasteiger partial charge in [0.25, 0.3) is 0 Å². The van der Waals surface area contributed by atoms with Gasteiger partial charge in [0.15, 0.2) is 10.9 Å². The molecule has 158 valence electrons. The molecular formula is C24H28N2O3S. The van der Waals surface area contributed by atoms with E-state index in [0.717, 1.165) is 46.7 Å². The second-order valence-corrected chi connectivity index (χ2v) is 7.92. The van der Waals surface area contributed by atoms with Crippen LogP contribution in [0.5, 0.6) is 0 Å². The number of hydrogen-bond acceptors (Lipinski definition) is 5. The Morgan fingerprint density at radius 2 is 1.83 bits per heavy atom. The molecule has 0 spiro atoms. The van der Waals surface area contributed by atoms with Crippen LogP contribution in [0.2, 0.25) is 0 Å². The molecule has 30 heavy (non-hydrogen) atoms. The topological polar surface area (TPSA) is 61.2 Å². The number of aromatic nitrogens is 2. The summed E-state index contributed by atoms with van der Waals surface area (Å²) in [4.78, 5) is 29.7. The number of benzene rings is 2. The third-order valence-electron chi connectivity index (χ3n) is 5.14. The zero-order valence-electron chi connectivity index (χ0n) is 18.0. The third kappa shape index (κ3) is 4.59. The number of carbonyl (C=O) groups is 2. The predicted molar refractivity (Wildman–Crippen MR) is 122 cm³/mol. The minimum absolute atomic E-state index is 0.120. The molecule has 0 saturated carbocycles. The minimum atomic E-state index is -0.349. The number of carbonyl (C=O) groups excluding carboxylic acids is 2. The molecule has 1 aromatic heterocycles. The summed E-state index contributed by atoms with van der Waals surface area (Å²) in [5.41, 5.74) is 5.24. The zero-order valence-corrected chi connectivity index (χ0v) is 18.8. The molecule has 3 aromatic rings. The molecule has 0 aliphatic heterocycles. The van der Waals surface area contributed by atoms with Gasteiger partial charge in [0.05, 0.1) is 29.0 Å². The lowest BCUT2D eigenvalue weighted by Gasteiger charge is -2.10. The van der Waals surface area contributed by atoms with Crippen LogP contribution in [0.3, 0.4) is 0 Å². The molecule has 6 heteroatoms. The maximum absolute atomic E-state index is 13.0. The standard InChI is InChI=1S/C24H28N2O3S/c1-5-16-9-10-17(6-2)19(13-16)22(27)15-30-24-25-20-14-18(23(28)29-8-4)11-12-21(20)26(24)7-3/h9-14H,5-8,15H2,1-4H3. The van der Waals surface area contributed by atoms with E-state index < -0.39 is 0 Å². The van der Waals surface area contributed by atoms with Gasteiger partial charge in [0.1, 0.15) is 0 Å². The van der Waals surface area contributed by atoms with E-state index in [4.69, 9.17) is 9.72 Å². The van der Waals surface area contributed by atoms with Crippen molar-refractivity contribution in [2.24, 2.45) is 0 Å². The van der Waals surface area contributed by atoms with Crippen LogP contribution >= 0.6 is 11.8 Å². The monoisotopic (exact) mass is 424 g/mol. The largest absolute Gasteiger partial charge is 0.462 e. The number of imidazole rings is 1.